The monoisotopic (exact) mass is 297 g/mol. The Balaban J connectivity index is 1.86. The number of nitrogen functional groups attached to an aromatic ring is 1. The van der Waals surface area contributed by atoms with Crippen LogP contribution in [0.1, 0.15) is 5.56 Å². The van der Waals surface area contributed by atoms with E-state index in [2.05, 4.69) is 0 Å². The molecule has 0 saturated heterocycles. The smallest absolute Gasteiger partial charge is 0.189 e. The molecule has 0 aromatic heterocycles. The second-order valence-corrected chi connectivity index (χ2v) is 4.72. The molecular weight excluding hydrogens is 285 g/mol. The topological polar surface area (TPSA) is 44.5 Å². The van der Waals surface area contributed by atoms with Crippen LogP contribution in [0.3, 0.4) is 0 Å². The van der Waals surface area contributed by atoms with Crippen molar-refractivity contribution in [2.24, 2.45) is 0 Å². The average molecular weight is 298 g/mol. The molecule has 0 aliphatic heterocycles. The van der Waals surface area contributed by atoms with Gasteiger partial charge in [0.05, 0.1) is 16.7 Å². The fourth-order valence-electron chi connectivity index (χ4n) is 1.55. The number of nitrogens with two attached hydrogens (primary N) is 1. The molecule has 0 heterocycles. The van der Waals surface area contributed by atoms with Gasteiger partial charge in [-0.3, -0.25) is 0 Å². The highest BCUT2D eigenvalue weighted by Crippen LogP contribution is 2.35. The number of rotatable bonds is 5. The summed E-state index contributed by atoms with van der Waals surface area (Å²) in [6, 6.07) is 13.0. The van der Waals surface area contributed by atoms with E-state index >= 15 is 0 Å². The first kappa shape index (κ1) is 14.0. The van der Waals surface area contributed by atoms with Crippen molar-refractivity contribution in [1.29, 1.82) is 0 Å². The van der Waals surface area contributed by atoms with Gasteiger partial charge in [-0.1, -0.05) is 53.5 Å². The van der Waals surface area contributed by atoms with Gasteiger partial charge >= 0.3 is 0 Å². The van der Waals surface area contributed by atoms with Crippen LogP contribution < -0.4 is 10.5 Å². The van der Waals surface area contributed by atoms with Crippen LogP contribution in [0.5, 0.6) is 5.75 Å². The summed E-state index contributed by atoms with van der Waals surface area (Å²) in [5, 5.41) is 0.738. The number of anilines is 1. The van der Waals surface area contributed by atoms with E-state index in [0.29, 0.717) is 28.1 Å². The van der Waals surface area contributed by atoms with Gasteiger partial charge in [0.1, 0.15) is 0 Å². The number of hydrogen-bond donors (Lipinski definition) is 1. The molecule has 0 unspecified atom stereocenters. The maximum atomic E-state index is 5.99. The lowest BCUT2D eigenvalue weighted by molar-refractivity contribution is 0.00516. The number of ether oxygens (including phenoxy) is 2. The standard InChI is InChI=1S/C14H13Cl2NO2/c15-12-6-11(17)7-13(16)14(12)19-9-18-8-10-4-2-1-3-5-10/h1-7H,8-9,17H2. The zero-order chi connectivity index (χ0) is 13.7. The summed E-state index contributed by atoms with van der Waals surface area (Å²) in [7, 11) is 0. The molecule has 19 heavy (non-hydrogen) atoms. The first-order valence-corrected chi connectivity index (χ1v) is 6.41. The minimum absolute atomic E-state index is 0.0677. The van der Waals surface area contributed by atoms with E-state index < -0.39 is 0 Å². The lowest BCUT2D eigenvalue weighted by Crippen LogP contribution is -2.04. The fourth-order valence-corrected chi connectivity index (χ4v) is 2.16. The van der Waals surface area contributed by atoms with Crippen LogP contribution in [-0.2, 0) is 11.3 Å². The van der Waals surface area contributed by atoms with Crippen molar-refractivity contribution >= 4 is 28.9 Å². The average Bonchev–Trinajstić information content (AvgIpc) is 2.38. The van der Waals surface area contributed by atoms with E-state index in [-0.39, 0.29) is 6.79 Å². The van der Waals surface area contributed by atoms with Crippen molar-refractivity contribution in [3.05, 3.63) is 58.1 Å². The minimum atomic E-state index is 0.0677. The Kier molecular flexibility index (Phi) is 4.91. The molecule has 5 heteroatoms. The van der Waals surface area contributed by atoms with Crippen LogP contribution in [0.4, 0.5) is 5.69 Å². The summed E-state index contributed by atoms with van der Waals surface area (Å²) in [4.78, 5) is 0. The molecule has 0 aliphatic carbocycles. The van der Waals surface area contributed by atoms with E-state index in [1.807, 2.05) is 30.3 Å². The van der Waals surface area contributed by atoms with Gasteiger partial charge in [0.25, 0.3) is 0 Å². The highest BCUT2D eigenvalue weighted by molar-refractivity contribution is 6.37. The molecule has 0 amide bonds. The minimum Gasteiger partial charge on any atom is -0.464 e. The summed E-state index contributed by atoms with van der Waals surface area (Å²) in [5.41, 5.74) is 7.17. The van der Waals surface area contributed by atoms with Gasteiger partial charge in [0.15, 0.2) is 12.5 Å². The molecule has 0 spiro atoms. The van der Waals surface area contributed by atoms with Crippen LogP contribution in [-0.4, -0.2) is 6.79 Å². The van der Waals surface area contributed by atoms with Gasteiger partial charge in [-0.2, -0.15) is 0 Å². The Hall–Kier alpha value is -1.42. The Morgan fingerprint density at radius 1 is 1.00 bits per heavy atom. The van der Waals surface area contributed by atoms with Crippen LogP contribution in [0.15, 0.2) is 42.5 Å². The highest BCUT2D eigenvalue weighted by atomic mass is 35.5. The molecule has 0 bridgehead atoms. The molecule has 3 nitrogen and oxygen atoms in total. The van der Waals surface area contributed by atoms with E-state index in [1.165, 1.54) is 0 Å². The lowest BCUT2D eigenvalue weighted by Gasteiger charge is -2.11. The van der Waals surface area contributed by atoms with Gasteiger partial charge in [0.2, 0.25) is 0 Å². The Labute approximate surface area is 121 Å². The zero-order valence-electron chi connectivity index (χ0n) is 10.1. The highest BCUT2D eigenvalue weighted by Gasteiger charge is 2.08. The molecule has 0 aliphatic rings. The molecule has 2 aromatic rings. The maximum absolute atomic E-state index is 5.99. The van der Waals surface area contributed by atoms with Crippen LogP contribution >= 0.6 is 23.2 Å². The van der Waals surface area contributed by atoms with Crippen molar-refractivity contribution in [3.63, 3.8) is 0 Å². The van der Waals surface area contributed by atoms with Crippen molar-refractivity contribution in [2.75, 3.05) is 12.5 Å². The second kappa shape index (κ2) is 6.66. The quantitative estimate of drug-likeness (QED) is 0.513. The van der Waals surface area contributed by atoms with Gasteiger partial charge < -0.3 is 15.2 Å². The van der Waals surface area contributed by atoms with Gasteiger partial charge in [-0.05, 0) is 17.7 Å². The van der Waals surface area contributed by atoms with Crippen LogP contribution in [0, 0.1) is 0 Å². The molecule has 0 atom stereocenters. The second-order valence-electron chi connectivity index (χ2n) is 3.91. The van der Waals surface area contributed by atoms with E-state index in [0.717, 1.165) is 5.56 Å². The molecule has 0 radical (unpaired) electrons. The Bertz CT molecular complexity index is 523. The fraction of sp³-hybridized carbons (Fsp3) is 0.143. The first-order valence-electron chi connectivity index (χ1n) is 5.66. The Morgan fingerprint density at radius 2 is 1.63 bits per heavy atom. The van der Waals surface area contributed by atoms with E-state index in [9.17, 15) is 0 Å². The van der Waals surface area contributed by atoms with Crippen molar-refractivity contribution in [2.45, 2.75) is 6.61 Å². The third-order valence-corrected chi connectivity index (χ3v) is 2.98. The molecule has 100 valence electrons. The molecule has 2 rings (SSSR count). The summed E-state index contributed by atoms with van der Waals surface area (Å²) in [5.74, 6) is 0.380. The van der Waals surface area contributed by atoms with Crippen molar-refractivity contribution in [1.82, 2.24) is 0 Å². The number of hydrogen-bond acceptors (Lipinski definition) is 3. The molecule has 0 fully saturated rings. The van der Waals surface area contributed by atoms with Gasteiger partial charge in [0, 0.05) is 5.69 Å². The van der Waals surface area contributed by atoms with Crippen LogP contribution in [0.2, 0.25) is 10.0 Å². The third-order valence-electron chi connectivity index (χ3n) is 2.42. The summed E-state index contributed by atoms with van der Waals surface area (Å²) >= 11 is 12.0. The van der Waals surface area contributed by atoms with Crippen molar-refractivity contribution in [3.8, 4) is 5.75 Å². The zero-order valence-corrected chi connectivity index (χ0v) is 11.6. The Morgan fingerprint density at radius 3 is 2.26 bits per heavy atom. The molecule has 2 aromatic carbocycles. The normalized spacial score (nSPS) is 10.4. The lowest BCUT2D eigenvalue weighted by atomic mass is 10.2. The largest absolute Gasteiger partial charge is 0.464 e. The van der Waals surface area contributed by atoms with E-state index in [4.69, 9.17) is 38.4 Å². The predicted molar refractivity (Wildman–Crippen MR) is 77.6 cm³/mol. The summed E-state index contributed by atoms with van der Waals surface area (Å²) < 4.78 is 10.8. The van der Waals surface area contributed by atoms with E-state index in [1.54, 1.807) is 12.1 Å². The summed E-state index contributed by atoms with van der Waals surface area (Å²) in [6.07, 6.45) is 0. The third kappa shape index (κ3) is 4.03. The molecular formula is C14H13Cl2NO2. The molecule has 2 N–H and O–H groups in total. The predicted octanol–water partition coefficient (Wildman–Crippen LogP) is 4.13. The number of benzene rings is 2. The SMILES string of the molecule is Nc1cc(Cl)c(OCOCc2ccccc2)c(Cl)c1. The molecule has 0 saturated carbocycles. The van der Waals surface area contributed by atoms with Gasteiger partial charge in [-0.15, -0.1) is 0 Å². The summed E-state index contributed by atoms with van der Waals surface area (Å²) in [6.45, 7) is 0.531. The van der Waals surface area contributed by atoms with Gasteiger partial charge in [-0.25, -0.2) is 0 Å². The maximum Gasteiger partial charge on any atom is 0.189 e. The van der Waals surface area contributed by atoms with Crippen LogP contribution in [0.25, 0.3) is 0 Å². The van der Waals surface area contributed by atoms with Crippen molar-refractivity contribution < 1.29 is 9.47 Å². The number of halogens is 2. The first-order chi connectivity index (χ1) is 9.16.